The molecule has 0 saturated heterocycles. The molecule has 0 fully saturated rings. The molecule has 0 spiro atoms. The second-order valence-corrected chi connectivity index (χ2v) is 15.3. The number of azide groups is 1. The summed E-state index contributed by atoms with van der Waals surface area (Å²) in [5, 5.41) is 15.6. The van der Waals surface area contributed by atoms with Crippen LogP contribution < -0.4 is 25.0 Å². The first-order chi connectivity index (χ1) is 31.5. The number of para-hydroxylation sites is 2. The Balaban J connectivity index is 0.000000219. The van der Waals surface area contributed by atoms with E-state index in [-0.39, 0.29) is 30.5 Å². The normalized spacial score (nSPS) is 10.4. The summed E-state index contributed by atoms with van der Waals surface area (Å²) in [7, 11) is -3.95. The van der Waals surface area contributed by atoms with Crippen LogP contribution in [-0.4, -0.2) is 44.9 Å². The van der Waals surface area contributed by atoms with Gasteiger partial charge in [-0.1, -0.05) is 97.1 Å². The van der Waals surface area contributed by atoms with Gasteiger partial charge >= 0.3 is 32.0 Å². The maximum atomic E-state index is 13.8. The van der Waals surface area contributed by atoms with Crippen LogP contribution in [0.25, 0.3) is 10.4 Å². The smallest absolute Gasteiger partial charge is 0.478 e. The van der Waals surface area contributed by atoms with E-state index in [2.05, 4.69) is 35.7 Å². The zero-order valence-corrected chi connectivity index (χ0v) is 36.1. The third-order valence-electron chi connectivity index (χ3n) is 7.54. The van der Waals surface area contributed by atoms with Gasteiger partial charge in [0.1, 0.15) is 47.5 Å². The van der Waals surface area contributed by atoms with E-state index < -0.39 is 54.8 Å². The number of carboxylic acids is 1. The third kappa shape index (κ3) is 18.4. The van der Waals surface area contributed by atoms with Crippen molar-refractivity contribution in [1.29, 1.82) is 0 Å². The minimum absolute atomic E-state index is 0.0236. The van der Waals surface area contributed by atoms with Gasteiger partial charge in [-0.05, 0) is 67.8 Å². The summed E-state index contributed by atoms with van der Waals surface area (Å²) in [6.45, 7) is 5.19. The van der Waals surface area contributed by atoms with Crippen molar-refractivity contribution in [3.8, 4) is 11.5 Å². The van der Waals surface area contributed by atoms with Gasteiger partial charge in [0.05, 0.1) is 18.1 Å². The van der Waals surface area contributed by atoms with Crippen molar-refractivity contribution in [2.45, 2.75) is 39.6 Å². The van der Waals surface area contributed by atoms with E-state index in [1.165, 1.54) is 6.07 Å². The number of carbonyl (C=O) groups is 4. The zero-order valence-electron chi connectivity index (χ0n) is 35.2. The van der Waals surface area contributed by atoms with Crippen LogP contribution in [0, 0.1) is 11.6 Å². The monoisotopic (exact) mass is 926 g/mol. The van der Waals surface area contributed by atoms with Crippen molar-refractivity contribution in [2.24, 2.45) is 4.88 Å². The van der Waals surface area contributed by atoms with Crippen LogP contribution in [0.3, 0.4) is 0 Å². The van der Waals surface area contributed by atoms with Gasteiger partial charge in [-0.15, -0.1) is 0 Å². The molecule has 0 aliphatic heterocycles. The number of ether oxygens (including phenoxy) is 3. The number of hydrogen-bond donors (Lipinski definition) is 4. The van der Waals surface area contributed by atoms with E-state index in [9.17, 15) is 32.5 Å². The van der Waals surface area contributed by atoms with Gasteiger partial charge in [0, 0.05) is 15.9 Å². The Morgan fingerprint density at radius 2 is 1.09 bits per heavy atom. The molecule has 3 amide bonds. The predicted molar refractivity (Wildman–Crippen MR) is 237 cm³/mol. The van der Waals surface area contributed by atoms with Crippen LogP contribution in [0.2, 0.25) is 0 Å². The molecule has 22 heteroatoms. The number of carbonyl (C=O) groups excluding carboxylic acids is 3. The van der Waals surface area contributed by atoms with Crippen LogP contribution in [0.4, 0.5) is 40.5 Å². The number of nitrogens with one attached hydrogen (secondary N) is 3. The average molecular weight is 927 g/mol. The second-order valence-electron chi connectivity index (χ2n) is 13.9. The number of hydrogen-bond acceptors (Lipinski definition) is 12. The highest BCUT2D eigenvalue weighted by Crippen LogP contribution is 2.50. The summed E-state index contributed by atoms with van der Waals surface area (Å²) in [5.41, 5.74) is 8.62. The maximum Gasteiger partial charge on any atom is 0.525 e. The number of benzene rings is 4. The molecule has 0 bridgehead atoms. The fourth-order valence-corrected chi connectivity index (χ4v) is 5.73. The first-order valence-corrected chi connectivity index (χ1v) is 20.7. The molecule has 0 saturated carbocycles. The Morgan fingerprint density at radius 1 is 0.667 bits per heavy atom. The number of rotatable bonds is 13. The average Bonchev–Trinajstić information content (AvgIpc) is 3.28. The van der Waals surface area contributed by atoms with Crippen molar-refractivity contribution >= 4 is 49.3 Å². The third-order valence-corrected chi connectivity index (χ3v) is 8.72. The van der Waals surface area contributed by atoms with Gasteiger partial charge in [0.15, 0.2) is 11.6 Å². The molecule has 4 N–H and O–H groups in total. The van der Waals surface area contributed by atoms with Gasteiger partial charge in [-0.3, -0.25) is 16.0 Å². The summed E-state index contributed by atoms with van der Waals surface area (Å²) < 4.78 is 64.6. The first-order valence-electron chi connectivity index (χ1n) is 19.2. The van der Waals surface area contributed by atoms with E-state index in [0.717, 1.165) is 29.6 Å². The standard InChI is InChI=1S/C18H20FN3O4.C14H11FN2O4.C12H10N3O3P/c1-18(2,3)26-17(24)21-14-9-15(20-10-13(14)19)22-16(23)25-11-12-7-5-4-6-8-12;15-11-7-16-12(6-10(11)13(18)19)17-14(20)21-8-9-4-2-1-3-5-9;13-14-15-19(16,17-11-7-3-1-4-8-11)18-12-9-5-2-6-10-12/h4-10H,11H2,1-3H3,(H2,20,21,22,23,24);1-7H,8H2,(H,18,19)(H,16,17,20);1-10H. The molecule has 0 unspecified atom stereocenters. The lowest BCUT2D eigenvalue weighted by Gasteiger charge is -2.19. The van der Waals surface area contributed by atoms with E-state index in [1.807, 2.05) is 36.4 Å². The fourth-order valence-electron chi connectivity index (χ4n) is 4.75. The van der Waals surface area contributed by atoms with Gasteiger partial charge in [-0.25, -0.2) is 42.5 Å². The summed E-state index contributed by atoms with van der Waals surface area (Å²) in [4.78, 5) is 58.8. The summed E-state index contributed by atoms with van der Waals surface area (Å²) in [6.07, 6.45) is -0.791. The van der Waals surface area contributed by atoms with Gasteiger partial charge in [0.2, 0.25) is 0 Å². The molecule has 6 aromatic rings. The second kappa shape index (κ2) is 24.9. The number of halogens is 2. The van der Waals surface area contributed by atoms with Crippen molar-refractivity contribution < 1.29 is 60.9 Å². The maximum absolute atomic E-state index is 13.8. The molecule has 0 radical (unpaired) electrons. The number of pyridine rings is 2. The SMILES string of the molecule is CC(C)(C)OC(=O)Nc1cc(NC(=O)OCc2ccccc2)ncc1F.O=C(Nc1cc(C(=O)O)c(F)cn1)OCc1ccccc1.[N-]=[N+]=NP(=O)(Oc1ccccc1)Oc1ccccc1. The lowest BCUT2D eigenvalue weighted by atomic mass is 10.2. The minimum Gasteiger partial charge on any atom is -0.478 e. The molecular weight excluding hydrogens is 885 g/mol. The number of aromatic carboxylic acids is 1. The fraction of sp³-hybridized carbons (Fsp3) is 0.136. The van der Waals surface area contributed by atoms with Crippen LogP contribution in [0.1, 0.15) is 42.3 Å². The van der Waals surface area contributed by atoms with Crippen molar-refractivity contribution in [3.63, 3.8) is 0 Å². The Kier molecular flexibility index (Phi) is 18.9. The number of anilines is 3. The molecule has 19 nitrogen and oxygen atoms in total. The molecule has 6 rings (SSSR count). The molecule has 2 aromatic heterocycles. The number of carboxylic acid groups (broad SMARTS) is 1. The molecule has 342 valence electrons. The lowest BCUT2D eigenvalue weighted by Crippen LogP contribution is -2.27. The van der Waals surface area contributed by atoms with Crippen LogP contribution >= 0.6 is 7.75 Å². The van der Waals surface area contributed by atoms with Crippen LogP contribution in [0.15, 0.2) is 151 Å². The number of nitrogens with zero attached hydrogens (tertiary/aromatic N) is 5. The highest BCUT2D eigenvalue weighted by molar-refractivity contribution is 7.53. The van der Waals surface area contributed by atoms with Gasteiger partial charge in [-0.2, -0.15) is 0 Å². The molecule has 0 atom stereocenters. The minimum atomic E-state index is -3.95. The Labute approximate surface area is 375 Å². The Hall–Kier alpha value is -8.54. The Bertz CT molecular complexity index is 2600. The van der Waals surface area contributed by atoms with Crippen molar-refractivity contribution in [2.75, 3.05) is 16.0 Å². The van der Waals surface area contributed by atoms with Crippen LogP contribution in [-0.2, 0) is 32.0 Å². The van der Waals surface area contributed by atoms with Crippen molar-refractivity contribution in [1.82, 2.24) is 9.97 Å². The van der Waals surface area contributed by atoms with E-state index in [4.69, 9.17) is 33.9 Å². The summed E-state index contributed by atoms with van der Waals surface area (Å²) in [5.74, 6) is -2.67. The number of amides is 3. The molecular formula is C44H41F2N8O11P. The highest BCUT2D eigenvalue weighted by atomic mass is 31.2. The summed E-state index contributed by atoms with van der Waals surface area (Å²) in [6, 6.07) is 37.0. The molecule has 66 heavy (non-hydrogen) atoms. The molecule has 2 heterocycles. The zero-order chi connectivity index (χ0) is 48.0. The van der Waals surface area contributed by atoms with Crippen LogP contribution in [0.5, 0.6) is 11.5 Å². The van der Waals surface area contributed by atoms with Crippen molar-refractivity contribution in [3.05, 3.63) is 185 Å². The molecule has 4 aromatic carbocycles. The largest absolute Gasteiger partial charge is 0.525 e. The molecule has 0 aliphatic carbocycles. The number of aromatic nitrogens is 2. The lowest BCUT2D eigenvalue weighted by molar-refractivity contribution is 0.0633. The summed E-state index contributed by atoms with van der Waals surface area (Å²) >= 11 is 0. The predicted octanol–water partition coefficient (Wildman–Crippen LogP) is 11.5. The van der Waals surface area contributed by atoms with Gasteiger partial charge in [0.25, 0.3) is 0 Å². The highest BCUT2D eigenvalue weighted by Gasteiger charge is 2.27. The van der Waals surface area contributed by atoms with Gasteiger partial charge < -0.3 is 28.4 Å². The van der Waals surface area contributed by atoms with E-state index in [1.54, 1.807) is 106 Å². The molecule has 0 aliphatic rings. The first kappa shape index (κ1) is 50.1. The van der Waals surface area contributed by atoms with E-state index in [0.29, 0.717) is 11.5 Å². The topological polar surface area (TPSA) is 262 Å². The quantitative estimate of drug-likeness (QED) is 0.0276. The Morgan fingerprint density at radius 3 is 1.52 bits per heavy atom. The van der Waals surface area contributed by atoms with E-state index >= 15 is 0 Å².